The van der Waals surface area contributed by atoms with Gasteiger partial charge in [0.05, 0.1) is 6.42 Å². The Balaban J connectivity index is 2.16. The molecule has 0 aromatic heterocycles. The van der Waals surface area contributed by atoms with E-state index < -0.39 is 17.7 Å². The number of hydrogen-bond donors (Lipinski definition) is 3. The summed E-state index contributed by atoms with van der Waals surface area (Å²) < 4.78 is 0. The van der Waals surface area contributed by atoms with Crippen LogP contribution in [0, 0.1) is 0 Å². The summed E-state index contributed by atoms with van der Waals surface area (Å²) in [4.78, 5) is 24.4. The maximum absolute atomic E-state index is 11.8. The Hall–Kier alpha value is -1.14. The number of nitrogens with zero attached hydrogens (tertiary/aromatic N) is 1. The van der Waals surface area contributed by atoms with Gasteiger partial charge in [-0.1, -0.05) is 19.3 Å². The van der Waals surface area contributed by atoms with Crippen molar-refractivity contribution in [2.75, 3.05) is 0 Å². The van der Waals surface area contributed by atoms with Crippen LogP contribution >= 0.6 is 0 Å². The van der Waals surface area contributed by atoms with Gasteiger partial charge in [-0.2, -0.15) is 0 Å². The van der Waals surface area contributed by atoms with Crippen LogP contribution in [0.3, 0.4) is 0 Å². The van der Waals surface area contributed by atoms with Crippen LogP contribution in [0.5, 0.6) is 0 Å². The second-order valence-electron chi connectivity index (χ2n) is 4.68. The second-order valence-corrected chi connectivity index (χ2v) is 4.68. The van der Waals surface area contributed by atoms with Gasteiger partial charge in [0, 0.05) is 6.04 Å². The first-order valence-electron chi connectivity index (χ1n) is 5.71. The third-order valence-electron chi connectivity index (χ3n) is 3.30. The van der Waals surface area contributed by atoms with E-state index >= 15 is 0 Å². The molecule has 1 saturated carbocycles. The zero-order valence-corrected chi connectivity index (χ0v) is 9.24. The van der Waals surface area contributed by atoms with Crippen molar-refractivity contribution < 1.29 is 9.59 Å². The van der Waals surface area contributed by atoms with Crippen molar-refractivity contribution in [3.05, 3.63) is 0 Å². The van der Waals surface area contributed by atoms with Crippen LogP contribution in [0.15, 0.2) is 0 Å². The maximum atomic E-state index is 11.8. The molecule has 1 heterocycles. The lowest BCUT2D eigenvalue weighted by molar-refractivity contribution is -0.126. The van der Waals surface area contributed by atoms with Crippen LogP contribution in [0.1, 0.15) is 38.5 Å². The molecule has 0 aromatic rings. The zero-order valence-electron chi connectivity index (χ0n) is 9.24. The third kappa shape index (κ3) is 2.03. The van der Waals surface area contributed by atoms with Crippen molar-refractivity contribution in [3.8, 4) is 0 Å². The molecule has 0 atom stereocenters. The number of nitrogens with one attached hydrogen (secondary N) is 1. The summed E-state index contributed by atoms with van der Waals surface area (Å²) in [5, 5.41) is 2.27. The predicted molar refractivity (Wildman–Crippen MR) is 58.0 cm³/mol. The van der Waals surface area contributed by atoms with E-state index in [0.717, 1.165) is 25.7 Å². The quantitative estimate of drug-likeness (QED) is 0.540. The normalized spacial score (nSPS) is 26.8. The molecule has 0 unspecified atom stereocenters. The molecule has 90 valence electrons. The molecule has 0 radical (unpaired) electrons. The Bertz CT molecular complexity index is 310. The Labute approximate surface area is 94.3 Å². The van der Waals surface area contributed by atoms with Crippen LogP contribution in [-0.2, 0) is 4.79 Å². The van der Waals surface area contributed by atoms with Crippen molar-refractivity contribution in [1.29, 1.82) is 0 Å². The lowest BCUT2D eigenvalue weighted by Gasteiger charge is -2.46. The van der Waals surface area contributed by atoms with Crippen molar-refractivity contribution in [2.45, 2.75) is 50.4 Å². The SMILES string of the molecule is NC1(N)CC(=O)NC(=O)N1C1CCCCC1. The molecule has 2 aliphatic rings. The fourth-order valence-corrected chi connectivity index (χ4v) is 2.60. The number of carbonyl (C=O) groups excluding carboxylic acids is 2. The highest BCUT2D eigenvalue weighted by molar-refractivity contribution is 5.97. The van der Waals surface area contributed by atoms with E-state index in [-0.39, 0.29) is 12.5 Å². The minimum absolute atomic E-state index is 0.0325. The number of carbonyl (C=O) groups is 2. The van der Waals surface area contributed by atoms with E-state index in [1.807, 2.05) is 0 Å². The summed E-state index contributed by atoms with van der Waals surface area (Å²) in [6.07, 6.45) is 5.15. The summed E-state index contributed by atoms with van der Waals surface area (Å²) in [5.41, 5.74) is 11.7. The van der Waals surface area contributed by atoms with Crippen LogP contribution in [0.2, 0.25) is 0 Å². The van der Waals surface area contributed by atoms with Gasteiger partial charge in [0.1, 0.15) is 0 Å². The fourth-order valence-electron chi connectivity index (χ4n) is 2.60. The van der Waals surface area contributed by atoms with Gasteiger partial charge in [-0.15, -0.1) is 0 Å². The van der Waals surface area contributed by atoms with Crippen LogP contribution < -0.4 is 16.8 Å². The number of rotatable bonds is 1. The summed E-state index contributed by atoms with van der Waals surface area (Å²) >= 11 is 0. The number of nitrogens with two attached hydrogens (primary N) is 2. The molecule has 0 spiro atoms. The van der Waals surface area contributed by atoms with Crippen LogP contribution in [0.25, 0.3) is 0 Å². The summed E-state index contributed by atoms with van der Waals surface area (Å²) in [5.74, 6) is -1.73. The van der Waals surface area contributed by atoms with Gasteiger partial charge in [0.25, 0.3) is 0 Å². The lowest BCUT2D eigenvalue weighted by Crippen LogP contribution is -2.74. The van der Waals surface area contributed by atoms with E-state index in [1.165, 1.54) is 11.3 Å². The average Bonchev–Trinajstić information content (AvgIpc) is 2.15. The fraction of sp³-hybridized carbons (Fsp3) is 0.800. The molecule has 5 N–H and O–H groups in total. The first-order valence-corrected chi connectivity index (χ1v) is 5.71. The maximum Gasteiger partial charge on any atom is 0.326 e. The number of urea groups is 1. The van der Waals surface area contributed by atoms with Crippen molar-refractivity contribution in [2.24, 2.45) is 11.5 Å². The number of imide groups is 1. The Morgan fingerprint density at radius 3 is 2.38 bits per heavy atom. The predicted octanol–water partition coefficient (Wildman–Crippen LogP) is -0.168. The molecule has 6 heteroatoms. The van der Waals surface area contributed by atoms with E-state index in [2.05, 4.69) is 5.32 Å². The van der Waals surface area contributed by atoms with E-state index in [1.54, 1.807) is 0 Å². The highest BCUT2D eigenvalue weighted by atomic mass is 16.2. The summed E-state index contributed by atoms with van der Waals surface area (Å²) in [6, 6.07) is -0.384. The van der Waals surface area contributed by atoms with Gasteiger partial charge in [-0.3, -0.25) is 26.5 Å². The van der Waals surface area contributed by atoms with E-state index in [0.29, 0.717) is 0 Å². The molecule has 0 aromatic carbocycles. The minimum atomic E-state index is -1.33. The Morgan fingerprint density at radius 1 is 1.19 bits per heavy atom. The molecule has 2 rings (SSSR count). The molecular weight excluding hydrogens is 208 g/mol. The molecule has 3 amide bonds. The number of amides is 3. The van der Waals surface area contributed by atoms with Crippen molar-refractivity contribution in [1.82, 2.24) is 10.2 Å². The topological polar surface area (TPSA) is 101 Å². The van der Waals surface area contributed by atoms with Gasteiger partial charge in [-0.05, 0) is 12.8 Å². The smallest absolute Gasteiger partial charge is 0.296 e. The minimum Gasteiger partial charge on any atom is -0.296 e. The molecular formula is C10H18N4O2. The molecule has 0 bridgehead atoms. The standard InChI is InChI=1S/C10H18N4O2/c11-10(12)6-8(15)13-9(16)14(10)7-4-2-1-3-5-7/h7H,1-6,11-12H2,(H,13,15,16). The second kappa shape index (κ2) is 4.03. The van der Waals surface area contributed by atoms with Crippen molar-refractivity contribution in [3.63, 3.8) is 0 Å². The first-order chi connectivity index (χ1) is 7.50. The third-order valence-corrected chi connectivity index (χ3v) is 3.30. The molecule has 1 saturated heterocycles. The van der Waals surface area contributed by atoms with Gasteiger partial charge in [0.2, 0.25) is 5.91 Å². The van der Waals surface area contributed by atoms with Crippen molar-refractivity contribution >= 4 is 11.9 Å². The summed E-state index contributed by atoms with van der Waals surface area (Å²) in [6.45, 7) is 0. The van der Waals surface area contributed by atoms with E-state index in [4.69, 9.17) is 11.5 Å². The molecule has 16 heavy (non-hydrogen) atoms. The highest BCUT2D eigenvalue weighted by Gasteiger charge is 2.43. The van der Waals surface area contributed by atoms with Gasteiger partial charge in [0.15, 0.2) is 5.79 Å². The van der Waals surface area contributed by atoms with Gasteiger partial charge < -0.3 is 0 Å². The van der Waals surface area contributed by atoms with Crippen LogP contribution in [0.4, 0.5) is 4.79 Å². The lowest BCUT2D eigenvalue weighted by atomic mass is 9.92. The van der Waals surface area contributed by atoms with Gasteiger partial charge >= 0.3 is 6.03 Å². The molecule has 1 aliphatic heterocycles. The average molecular weight is 226 g/mol. The van der Waals surface area contributed by atoms with Gasteiger partial charge in [-0.25, -0.2) is 4.79 Å². The number of hydrogen-bond acceptors (Lipinski definition) is 4. The first kappa shape index (κ1) is 11.3. The largest absolute Gasteiger partial charge is 0.326 e. The van der Waals surface area contributed by atoms with Crippen LogP contribution in [-0.4, -0.2) is 28.7 Å². The highest BCUT2D eigenvalue weighted by Crippen LogP contribution is 2.27. The van der Waals surface area contributed by atoms with E-state index in [9.17, 15) is 9.59 Å². The molecule has 1 aliphatic carbocycles. The Kier molecular flexibility index (Phi) is 2.86. The molecule has 6 nitrogen and oxygen atoms in total. The zero-order chi connectivity index (χ0) is 11.8. The monoisotopic (exact) mass is 226 g/mol. The Morgan fingerprint density at radius 2 is 1.81 bits per heavy atom. The summed E-state index contributed by atoms with van der Waals surface area (Å²) in [7, 11) is 0. The molecule has 2 fully saturated rings.